The number of anilines is 2. The summed E-state index contributed by atoms with van der Waals surface area (Å²) < 4.78 is 0.772. The average Bonchev–Trinajstić information content (AvgIpc) is 3.23. The molecular formula is C19H16N4OS2. The number of aryl methyl sites for hydroxylation is 1. The molecule has 5 nitrogen and oxygen atoms in total. The molecule has 26 heavy (non-hydrogen) atoms. The van der Waals surface area contributed by atoms with E-state index in [1.165, 1.54) is 23.1 Å². The molecule has 4 rings (SSSR count). The first-order valence-electron chi connectivity index (χ1n) is 8.09. The molecule has 7 heteroatoms. The predicted octanol–water partition coefficient (Wildman–Crippen LogP) is 5.05. The molecule has 0 aliphatic rings. The molecule has 4 aromatic rings. The molecule has 0 unspecified atom stereocenters. The van der Waals surface area contributed by atoms with Gasteiger partial charge >= 0.3 is 0 Å². The first kappa shape index (κ1) is 16.8. The summed E-state index contributed by atoms with van der Waals surface area (Å²) in [7, 11) is 0. The van der Waals surface area contributed by atoms with Crippen molar-refractivity contribution in [3.05, 3.63) is 65.9 Å². The lowest BCUT2D eigenvalue weighted by molar-refractivity contribution is 0.102. The summed E-state index contributed by atoms with van der Waals surface area (Å²) in [5.41, 5.74) is 3.62. The van der Waals surface area contributed by atoms with Gasteiger partial charge in [-0.05, 0) is 25.1 Å². The zero-order valence-electron chi connectivity index (χ0n) is 14.0. The third kappa shape index (κ3) is 3.49. The molecule has 0 bridgehead atoms. The zero-order chi connectivity index (χ0) is 17.9. The Morgan fingerprint density at radius 1 is 1.12 bits per heavy atom. The van der Waals surface area contributed by atoms with E-state index in [1.54, 1.807) is 0 Å². The normalized spacial score (nSPS) is 11.0. The number of H-pyrrole nitrogens is 1. The molecule has 0 aliphatic carbocycles. The Hall–Kier alpha value is -2.64. The van der Waals surface area contributed by atoms with Gasteiger partial charge in [0.2, 0.25) is 5.13 Å². The predicted molar refractivity (Wildman–Crippen MR) is 108 cm³/mol. The Kier molecular flexibility index (Phi) is 4.73. The summed E-state index contributed by atoms with van der Waals surface area (Å²) in [4.78, 5) is 16.0. The van der Waals surface area contributed by atoms with Crippen LogP contribution < -0.4 is 5.32 Å². The molecule has 0 fully saturated rings. The van der Waals surface area contributed by atoms with Crippen molar-refractivity contribution in [2.75, 3.05) is 11.1 Å². The van der Waals surface area contributed by atoms with Crippen molar-refractivity contribution in [3.63, 3.8) is 0 Å². The Morgan fingerprint density at radius 2 is 1.88 bits per heavy atom. The maximum Gasteiger partial charge on any atom is 0.210 e. The molecule has 2 aromatic heterocycles. The van der Waals surface area contributed by atoms with E-state index in [0.29, 0.717) is 5.75 Å². The van der Waals surface area contributed by atoms with E-state index in [-0.39, 0.29) is 5.78 Å². The minimum atomic E-state index is 0.0951. The van der Waals surface area contributed by atoms with Crippen molar-refractivity contribution in [3.8, 4) is 0 Å². The number of hydrogen-bond acceptors (Lipinski definition) is 6. The summed E-state index contributed by atoms with van der Waals surface area (Å²) in [5.74, 6) is 0.431. The second-order valence-corrected chi connectivity index (χ2v) is 7.95. The number of carbonyl (C=O) groups is 1. The number of Topliss-reactive ketones (excluding diaryl/α,β-unsaturated/α-hetero) is 1. The number of nitrogens with zero attached hydrogens (tertiary/aromatic N) is 2. The number of hydrogen-bond donors (Lipinski definition) is 2. The first-order chi connectivity index (χ1) is 12.7. The Bertz CT molecular complexity index is 1060. The lowest BCUT2D eigenvalue weighted by atomic mass is 10.1. The van der Waals surface area contributed by atoms with Crippen LogP contribution in [0.25, 0.3) is 10.9 Å². The molecule has 0 aliphatic heterocycles. The van der Waals surface area contributed by atoms with Crippen LogP contribution in [0.1, 0.15) is 16.1 Å². The van der Waals surface area contributed by atoms with Gasteiger partial charge in [-0.3, -0.25) is 4.79 Å². The van der Waals surface area contributed by atoms with Gasteiger partial charge in [0.25, 0.3) is 0 Å². The quantitative estimate of drug-likeness (QED) is 0.362. The van der Waals surface area contributed by atoms with Crippen molar-refractivity contribution >= 4 is 50.6 Å². The largest absolute Gasteiger partial charge is 0.358 e. The number of rotatable bonds is 6. The second-order valence-electron chi connectivity index (χ2n) is 5.75. The van der Waals surface area contributed by atoms with Gasteiger partial charge in [0.15, 0.2) is 10.1 Å². The van der Waals surface area contributed by atoms with E-state index in [4.69, 9.17) is 0 Å². The van der Waals surface area contributed by atoms with Crippen LogP contribution in [0.5, 0.6) is 0 Å². The van der Waals surface area contributed by atoms with Crippen LogP contribution in [-0.4, -0.2) is 26.7 Å². The number of thioether (sulfide) groups is 1. The van der Waals surface area contributed by atoms with Crippen LogP contribution in [0, 0.1) is 6.92 Å². The maximum atomic E-state index is 12.7. The van der Waals surface area contributed by atoms with Crippen LogP contribution in [0.3, 0.4) is 0 Å². The van der Waals surface area contributed by atoms with Crippen LogP contribution in [-0.2, 0) is 0 Å². The number of nitrogens with one attached hydrogen (secondary N) is 2. The highest BCUT2D eigenvalue weighted by atomic mass is 32.2. The highest BCUT2D eigenvalue weighted by molar-refractivity contribution is 8.01. The Balaban J connectivity index is 1.44. The van der Waals surface area contributed by atoms with Crippen molar-refractivity contribution in [2.24, 2.45) is 0 Å². The molecule has 0 saturated carbocycles. The number of fused-ring (bicyclic) bond motifs is 1. The van der Waals surface area contributed by atoms with Crippen LogP contribution in [0.4, 0.5) is 10.8 Å². The second kappa shape index (κ2) is 7.31. The van der Waals surface area contributed by atoms with Crippen molar-refractivity contribution < 1.29 is 4.79 Å². The Morgan fingerprint density at radius 3 is 2.73 bits per heavy atom. The summed E-state index contributed by atoms with van der Waals surface area (Å²) in [6.45, 7) is 1.94. The maximum absolute atomic E-state index is 12.7. The van der Waals surface area contributed by atoms with E-state index in [9.17, 15) is 4.79 Å². The number of carbonyl (C=O) groups excluding carboxylic acids is 1. The fraction of sp³-hybridized carbons (Fsp3) is 0.105. The van der Waals surface area contributed by atoms with Crippen molar-refractivity contribution in [1.29, 1.82) is 0 Å². The third-order valence-corrected chi connectivity index (χ3v) is 5.90. The SMILES string of the molecule is Cc1[nH]c2ccccc2c1C(=O)CSc1nnc(Nc2ccccc2)s1. The summed E-state index contributed by atoms with van der Waals surface area (Å²) >= 11 is 2.86. The van der Waals surface area contributed by atoms with E-state index in [0.717, 1.165) is 37.3 Å². The molecule has 0 amide bonds. The lowest BCUT2D eigenvalue weighted by Gasteiger charge is -2.00. The van der Waals surface area contributed by atoms with Crippen molar-refractivity contribution in [2.45, 2.75) is 11.3 Å². The highest BCUT2D eigenvalue weighted by Crippen LogP contribution is 2.29. The molecule has 0 saturated heterocycles. The van der Waals surface area contributed by atoms with Crippen LogP contribution in [0.15, 0.2) is 58.9 Å². The summed E-state index contributed by atoms with van der Waals surface area (Å²) in [6, 6.07) is 17.7. The summed E-state index contributed by atoms with van der Waals surface area (Å²) in [5, 5.41) is 13.2. The number of aromatic nitrogens is 3. The standard InChI is InChI=1S/C19H16N4OS2/c1-12-17(14-9-5-6-10-15(14)20-12)16(24)11-25-19-23-22-18(26-19)21-13-7-3-2-4-8-13/h2-10,20H,11H2,1H3,(H,21,22). The molecule has 0 spiro atoms. The highest BCUT2D eigenvalue weighted by Gasteiger charge is 2.17. The smallest absolute Gasteiger partial charge is 0.210 e. The lowest BCUT2D eigenvalue weighted by Crippen LogP contribution is -2.03. The molecule has 130 valence electrons. The topological polar surface area (TPSA) is 70.7 Å². The van der Waals surface area contributed by atoms with E-state index < -0.39 is 0 Å². The van der Waals surface area contributed by atoms with Gasteiger partial charge in [-0.15, -0.1) is 10.2 Å². The third-order valence-electron chi connectivity index (χ3n) is 3.93. The minimum Gasteiger partial charge on any atom is -0.358 e. The van der Waals surface area contributed by atoms with Gasteiger partial charge in [0, 0.05) is 27.8 Å². The summed E-state index contributed by atoms with van der Waals surface area (Å²) in [6.07, 6.45) is 0. The van der Waals surface area contributed by atoms with Crippen LogP contribution in [0.2, 0.25) is 0 Å². The average molecular weight is 380 g/mol. The fourth-order valence-electron chi connectivity index (χ4n) is 2.80. The molecule has 2 aromatic carbocycles. The molecule has 2 heterocycles. The van der Waals surface area contributed by atoms with Gasteiger partial charge in [-0.25, -0.2) is 0 Å². The monoisotopic (exact) mass is 380 g/mol. The number of ketones is 1. The molecule has 0 atom stereocenters. The fourth-order valence-corrected chi connectivity index (χ4v) is 4.44. The van der Waals surface area contributed by atoms with Gasteiger partial charge in [0.1, 0.15) is 0 Å². The van der Waals surface area contributed by atoms with Crippen molar-refractivity contribution in [1.82, 2.24) is 15.2 Å². The van der Waals surface area contributed by atoms with Gasteiger partial charge in [-0.2, -0.15) is 0 Å². The van der Waals surface area contributed by atoms with Gasteiger partial charge in [-0.1, -0.05) is 59.5 Å². The molecular weight excluding hydrogens is 364 g/mol. The van der Waals surface area contributed by atoms with E-state index >= 15 is 0 Å². The minimum absolute atomic E-state index is 0.0951. The Labute approximate surface area is 158 Å². The van der Waals surface area contributed by atoms with Gasteiger partial charge < -0.3 is 10.3 Å². The van der Waals surface area contributed by atoms with E-state index in [1.807, 2.05) is 61.5 Å². The molecule has 0 radical (unpaired) electrons. The van der Waals surface area contributed by atoms with Gasteiger partial charge in [0.05, 0.1) is 5.75 Å². The first-order valence-corrected chi connectivity index (χ1v) is 9.90. The number of benzene rings is 2. The van der Waals surface area contributed by atoms with Crippen LogP contribution >= 0.6 is 23.1 Å². The molecule has 2 N–H and O–H groups in total. The van der Waals surface area contributed by atoms with E-state index in [2.05, 4.69) is 20.5 Å². The number of para-hydroxylation sites is 2. The zero-order valence-corrected chi connectivity index (χ0v) is 15.7. The number of aromatic amines is 1.